The predicted molar refractivity (Wildman–Crippen MR) is 121 cm³/mol. The third-order valence-corrected chi connectivity index (χ3v) is 5.92. The fraction of sp³-hybridized carbons (Fsp3) is 0.308. The summed E-state index contributed by atoms with van der Waals surface area (Å²) >= 11 is 0. The van der Waals surface area contributed by atoms with Gasteiger partial charge in [-0.15, -0.1) is 0 Å². The number of nitrogens with one attached hydrogen (secondary N) is 1. The van der Waals surface area contributed by atoms with Crippen LogP contribution in [0.25, 0.3) is 11.3 Å². The molecule has 0 atom stereocenters. The second-order valence-corrected chi connectivity index (χ2v) is 8.21. The van der Waals surface area contributed by atoms with Crippen LogP contribution in [0.5, 0.6) is 0 Å². The van der Waals surface area contributed by atoms with E-state index in [-0.39, 0.29) is 11.8 Å². The van der Waals surface area contributed by atoms with Gasteiger partial charge in [-0.05, 0) is 73.4 Å². The summed E-state index contributed by atoms with van der Waals surface area (Å²) in [5.41, 5.74) is 4.85. The molecule has 0 unspecified atom stereocenters. The summed E-state index contributed by atoms with van der Waals surface area (Å²) in [7, 11) is 0. The number of esters is 1. The number of pyridine rings is 1. The van der Waals surface area contributed by atoms with E-state index in [1.807, 2.05) is 18.2 Å². The molecule has 0 spiro atoms. The van der Waals surface area contributed by atoms with Crippen molar-refractivity contribution in [2.24, 2.45) is 5.92 Å². The van der Waals surface area contributed by atoms with E-state index in [1.54, 1.807) is 12.3 Å². The van der Waals surface area contributed by atoms with Crippen LogP contribution >= 0.6 is 0 Å². The van der Waals surface area contributed by atoms with Crippen LogP contribution in [0.15, 0.2) is 66.9 Å². The summed E-state index contributed by atoms with van der Waals surface area (Å²) < 4.78 is 18.5. The number of benzene rings is 2. The molecule has 1 N–H and O–H groups in total. The van der Waals surface area contributed by atoms with Crippen molar-refractivity contribution in [1.29, 1.82) is 0 Å². The normalized spacial score (nSPS) is 18.4. The van der Waals surface area contributed by atoms with Crippen LogP contribution in [0, 0.1) is 11.7 Å². The molecule has 160 valence electrons. The van der Waals surface area contributed by atoms with E-state index >= 15 is 0 Å². The van der Waals surface area contributed by atoms with E-state index in [0.717, 1.165) is 42.6 Å². The molecular formula is C26H27FN2O2. The van der Waals surface area contributed by atoms with Crippen molar-refractivity contribution >= 4 is 17.3 Å². The molecule has 0 saturated heterocycles. The first-order chi connectivity index (χ1) is 15.1. The molecule has 1 aromatic heterocycles. The maximum atomic E-state index is 13.3. The predicted octanol–water partition coefficient (Wildman–Crippen LogP) is 6.47. The third-order valence-electron chi connectivity index (χ3n) is 5.92. The van der Waals surface area contributed by atoms with Crippen LogP contribution in [0.1, 0.15) is 44.1 Å². The number of nitrogens with zero attached hydrogens (tertiary/aromatic N) is 1. The van der Waals surface area contributed by atoms with Gasteiger partial charge in [-0.1, -0.05) is 30.3 Å². The minimum absolute atomic E-state index is 0.191. The van der Waals surface area contributed by atoms with E-state index in [2.05, 4.69) is 34.6 Å². The van der Waals surface area contributed by atoms with Gasteiger partial charge in [-0.2, -0.15) is 0 Å². The molecular weight excluding hydrogens is 391 g/mol. The Hall–Kier alpha value is -3.21. The van der Waals surface area contributed by atoms with Gasteiger partial charge in [-0.3, -0.25) is 9.78 Å². The monoisotopic (exact) mass is 418 g/mol. The van der Waals surface area contributed by atoms with Crippen LogP contribution < -0.4 is 5.32 Å². The molecule has 0 radical (unpaired) electrons. The Bertz CT molecular complexity index is 1010. The third kappa shape index (κ3) is 5.69. The summed E-state index contributed by atoms with van der Waals surface area (Å²) in [6, 6.07) is 18.9. The number of hydrogen-bond donors (Lipinski definition) is 1. The maximum Gasteiger partial charge on any atom is 0.302 e. The Labute approximate surface area is 182 Å². The first-order valence-electron chi connectivity index (χ1n) is 10.8. The fourth-order valence-electron chi connectivity index (χ4n) is 4.20. The van der Waals surface area contributed by atoms with Gasteiger partial charge < -0.3 is 10.1 Å². The van der Waals surface area contributed by atoms with Crippen LogP contribution in [-0.4, -0.2) is 17.6 Å². The van der Waals surface area contributed by atoms with Gasteiger partial charge >= 0.3 is 5.97 Å². The molecule has 5 heteroatoms. The number of carbonyl (C=O) groups is 1. The van der Waals surface area contributed by atoms with Gasteiger partial charge in [0.1, 0.15) is 5.82 Å². The zero-order chi connectivity index (χ0) is 21.6. The summed E-state index contributed by atoms with van der Waals surface area (Å²) in [4.78, 5) is 15.5. The quantitative estimate of drug-likeness (QED) is 0.466. The molecule has 0 amide bonds. The van der Waals surface area contributed by atoms with E-state index in [4.69, 9.17) is 4.74 Å². The Balaban J connectivity index is 1.34. The lowest BCUT2D eigenvalue weighted by molar-refractivity contribution is -0.142. The van der Waals surface area contributed by atoms with Crippen LogP contribution in [-0.2, 0) is 9.53 Å². The van der Waals surface area contributed by atoms with Crippen molar-refractivity contribution in [1.82, 2.24) is 4.98 Å². The SMILES string of the molecule is CC(=O)OCC1CCC(c2ccc(-c3ccc(Nc4cccc(F)c4)cn3)cc2)CC1. The lowest BCUT2D eigenvalue weighted by Gasteiger charge is -2.28. The highest BCUT2D eigenvalue weighted by molar-refractivity contribution is 5.66. The van der Waals surface area contributed by atoms with Crippen molar-refractivity contribution < 1.29 is 13.9 Å². The lowest BCUT2D eigenvalue weighted by Crippen LogP contribution is -2.19. The van der Waals surface area contributed by atoms with Gasteiger partial charge in [0.05, 0.1) is 24.2 Å². The van der Waals surface area contributed by atoms with Gasteiger partial charge in [0.25, 0.3) is 0 Å². The molecule has 1 fully saturated rings. The first kappa shape index (κ1) is 21.0. The highest BCUT2D eigenvalue weighted by Gasteiger charge is 2.23. The highest BCUT2D eigenvalue weighted by atomic mass is 19.1. The van der Waals surface area contributed by atoms with E-state index in [9.17, 15) is 9.18 Å². The molecule has 3 aromatic rings. The second kappa shape index (κ2) is 9.73. The average Bonchev–Trinajstić information content (AvgIpc) is 2.79. The molecule has 4 nitrogen and oxygen atoms in total. The molecule has 1 saturated carbocycles. The van der Waals surface area contributed by atoms with E-state index in [1.165, 1.54) is 24.6 Å². The van der Waals surface area contributed by atoms with Crippen LogP contribution in [0.4, 0.5) is 15.8 Å². The summed E-state index contributed by atoms with van der Waals surface area (Å²) in [5.74, 6) is 0.591. The number of halogens is 1. The van der Waals surface area contributed by atoms with Crippen molar-refractivity contribution in [3.05, 3.63) is 78.2 Å². The number of rotatable bonds is 6. The number of carbonyl (C=O) groups excluding carboxylic acids is 1. The van der Waals surface area contributed by atoms with Crippen molar-refractivity contribution in [2.45, 2.75) is 38.5 Å². The molecule has 2 aromatic carbocycles. The number of anilines is 2. The maximum absolute atomic E-state index is 13.3. The van der Waals surface area contributed by atoms with E-state index in [0.29, 0.717) is 24.1 Å². The molecule has 1 aliphatic rings. The standard InChI is InChI=1S/C26H27FN2O2/c1-18(30)31-17-19-5-7-20(8-6-19)21-9-11-22(12-10-21)26-14-13-25(16-28-26)29-24-4-2-3-23(27)15-24/h2-4,9-16,19-20,29H,5-8,17H2,1H3. The van der Waals surface area contributed by atoms with Gasteiger partial charge in [0, 0.05) is 18.2 Å². The summed E-state index contributed by atoms with van der Waals surface area (Å²) in [6.07, 6.45) is 6.22. The molecule has 0 aliphatic heterocycles. The lowest BCUT2D eigenvalue weighted by atomic mass is 9.79. The number of ether oxygens (including phenoxy) is 1. The van der Waals surface area contributed by atoms with Gasteiger partial charge in [0.2, 0.25) is 0 Å². The molecule has 1 aliphatic carbocycles. The number of aromatic nitrogens is 1. The van der Waals surface area contributed by atoms with Gasteiger partial charge in [-0.25, -0.2) is 4.39 Å². The zero-order valence-corrected chi connectivity index (χ0v) is 17.7. The summed E-state index contributed by atoms with van der Waals surface area (Å²) in [5, 5.41) is 3.16. The Morgan fingerprint density at radius 1 is 1.03 bits per heavy atom. The zero-order valence-electron chi connectivity index (χ0n) is 17.7. The average molecular weight is 419 g/mol. The summed E-state index contributed by atoms with van der Waals surface area (Å²) in [6.45, 7) is 2.02. The molecule has 31 heavy (non-hydrogen) atoms. The molecule has 4 rings (SSSR count). The minimum atomic E-state index is -0.271. The molecule has 0 bridgehead atoms. The van der Waals surface area contributed by atoms with Crippen LogP contribution in [0.2, 0.25) is 0 Å². The topological polar surface area (TPSA) is 51.2 Å². The Morgan fingerprint density at radius 3 is 2.45 bits per heavy atom. The first-order valence-corrected chi connectivity index (χ1v) is 10.8. The van der Waals surface area contributed by atoms with Gasteiger partial charge in [0.15, 0.2) is 0 Å². The van der Waals surface area contributed by atoms with Crippen molar-refractivity contribution in [3.63, 3.8) is 0 Å². The minimum Gasteiger partial charge on any atom is -0.466 e. The van der Waals surface area contributed by atoms with Crippen molar-refractivity contribution in [2.75, 3.05) is 11.9 Å². The largest absolute Gasteiger partial charge is 0.466 e. The van der Waals surface area contributed by atoms with E-state index < -0.39 is 0 Å². The molecule has 1 heterocycles. The smallest absolute Gasteiger partial charge is 0.302 e. The fourth-order valence-corrected chi connectivity index (χ4v) is 4.20. The Morgan fingerprint density at radius 2 is 1.81 bits per heavy atom. The van der Waals surface area contributed by atoms with Crippen LogP contribution in [0.3, 0.4) is 0 Å². The highest BCUT2D eigenvalue weighted by Crippen LogP contribution is 2.36. The van der Waals surface area contributed by atoms with Crippen molar-refractivity contribution in [3.8, 4) is 11.3 Å². The number of hydrogen-bond acceptors (Lipinski definition) is 4. The second-order valence-electron chi connectivity index (χ2n) is 8.21. The Kier molecular flexibility index (Phi) is 6.60.